The number of urea groups is 1. The molecule has 0 saturated heterocycles. The van der Waals surface area contributed by atoms with Crippen LogP contribution in [0.1, 0.15) is 30.1 Å². The van der Waals surface area contributed by atoms with Crippen LogP contribution in [0.5, 0.6) is 0 Å². The Hall–Kier alpha value is -3.94. The van der Waals surface area contributed by atoms with Crippen molar-refractivity contribution in [3.05, 3.63) is 66.4 Å². The molecule has 0 atom stereocenters. The van der Waals surface area contributed by atoms with Gasteiger partial charge in [-0.05, 0) is 74.4 Å². The monoisotopic (exact) mass is 416 g/mol. The van der Waals surface area contributed by atoms with Gasteiger partial charge < -0.3 is 20.9 Å². The van der Waals surface area contributed by atoms with Gasteiger partial charge in [-0.2, -0.15) is 4.98 Å². The van der Waals surface area contributed by atoms with E-state index < -0.39 is 0 Å². The highest BCUT2D eigenvalue weighted by molar-refractivity contribution is 6.00. The van der Waals surface area contributed by atoms with Gasteiger partial charge in [0.1, 0.15) is 5.82 Å². The van der Waals surface area contributed by atoms with Crippen LogP contribution in [-0.2, 0) is 0 Å². The Labute approximate surface area is 180 Å². The van der Waals surface area contributed by atoms with Gasteiger partial charge in [-0.1, -0.05) is 0 Å². The number of amides is 2. The average molecular weight is 416 g/mol. The van der Waals surface area contributed by atoms with Gasteiger partial charge in [-0.15, -0.1) is 0 Å². The molecule has 0 bridgehead atoms. The number of Topliss-reactive ketones (excluding diaryl/α,β-unsaturated/α-hetero) is 1. The Bertz CT molecular complexity index is 1080. The van der Waals surface area contributed by atoms with Gasteiger partial charge >= 0.3 is 6.03 Å². The first-order valence-electron chi connectivity index (χ1n) is 10.1. The lowest BCUT2D eigenvalue weighted by molar-refractivity contribution is 0.101. The number of nitrogens with zero attached hydrogens (tertiary/aromatic N) is 3. The molecule has 3 aromatic rings. The fraction of sp³-hybridized carbons (Fsp3) is 0.217. The van der Waals surface area contributed by atoms with Gasteiger partial charge in [0.15, 0.2) is 5.78 Å². The highest BCUT2D eigenvalue weighted by Gasteiger charge is 2.22. The summed E-state index contributed by atoms with van der Waals surface area (Å²) in [7, 11) is 1.93. The van der Waals surface area contributed by atoms with E-state index in [4.69, 9.17) is 0 Å². The summed E-state index contributed by atoms with van der Waals surface area (Å²) in [6.45, 7) is 1.50. The largest absolute Gasteiger partial charge is 0.351 e. The van der Waals surface area contributed by atoms with E-state index in [-0.39, 0.29) is 11.8 Å². The van der Waals surface area contributed by atoms with E-state index in [9.17, 15) is 9.59 Å². The summed E-state index contributed by atoms with van der Waals surface area (Å²) in [5, 5.41) is 8.85. The zero-order chi connectivity index (χ0) is 21.8. The number of hydrogen-bond donors (Lipinski definition) is 3. The van der Waals surface area contributed by atoms with Crippen LogP contribution in [0.4, 0.5) is 33.6 Å². The van der Waals surface area contributed by atoms with Gasteiger partial charge in [-0.25, -0.2) is 9.78 Å². The standard InChI is InChI=1S/C23H24N6O2/c1-15(30)16-3-5-18(6-4-16)26-23(31)27-19-9-11-20(12-10-19)29(2)21-13-14-24-22(28-21)25-17-7-8-17/h3-6,9-14,17H,7-8H2,1-2H3,(H,24,25,28)(H2,26,27,31). The number of ketones is 1. The molecule has 0 spiro atoms. The maximum absolute atomic E-state index is 12.2. The molecule has 1 aliphatic rings. The molecule has 8 heteroatoms. The Balaban J connectivity index is 1.36. The number of nitrogens with one attached hydrogen (secondary N) is 3. The van der Waals surface area contributed by atoms with Gasteiger partial charge in [0.25, 0.3) is 0 Å². The Kier molecular flexibility index (Phi) is 5.79. The van der Waals surface area contributed by atoms with Crippen molar-refractivity contribution in [1.82, 2.24) is 9.97 Å². The number of carbonyl (C=O) groups excluding carboxylic acids is 2. The molecular weight excluding hydrogens is 392 g/mol. The number of aromatic nitrogens is 2. The summed E-state index contributed by atoms with van der Waals surface area (Å²) in [5.41, 5.74) is 2.80. The third-order valence-electron chi connectivity index (χ3n) is 4.96. The van der Waals surface area contributed by atoms with E-state index in [1.807, 2.05) is 42.3 Å². The second kappa shape index (κ2) is 8.83. The van der Waals surface area contributed by atoms with Crippen molar-refractivity contribution in [1.29, 1.82) is 0 Å². The van der Waals surface area contributed by atoms with E-state index in [2.05, 4.69) is 25.9 Å². The van der Waals surface area contributed by atoms with Crippen molar-refractivity contribution >= 4 is 40.6 Å². The molecule has 1 fully saturated rings. The minimum atomic E-state index is -0.358. The molecule has 0 aliphatic heterocycles. The second-order valence-corrected chi connectivity index (χ2v) is 7.48. The van der Waals surface area contributed by atoms with Gasteiger partial charge in [0, 0.05) is 41.9 Å². The molecule has 3 N–H and O–H groups in total. The fourth-order valence-electron chi connectivity index (χ4n) is 3.00. The van der Waals surface area contributed by atoms with Crippen LogP contribution < -0.4 is 20.9 Å². The summed E-state index contributed by atoms with van der Waals surface area (Å²) in [6.07, 6.45) is 4.07. The van der Waals surface area contributed by atoms with E-state index >= 15 is 0 Å². The quantitative estimate of drug-likeness (QED) is 0.484. The first kappa shape index (κ1) is 20.3. The molecule has 1 aliphatic carbocycles. The van der Waals surface area contributed by atoms with Crippen LogP contribution in [0.25, 0.3) is 0 Å². The van der Waals surface area contributed by atoms with Crippen molar-refractivity contribution in [3.63, 3.8) is 0 Å². The molecule has 2 aromatic carbocycles. The lowest BCUT2D eigenvalue weighted by Crippen LogP contribution is -2.19. The molecule has 31 heavy (non-hydrogen) atoms. The van der Waals surface area contributed by atoms with Gasteiger partial charge in [-0.3, -0.25) is 4.79 Å². The number of rotatable bonds is 7. The Morgan fingerprint density at radius 2 is 1.55 bits per heavy atom. The summed E-state index contributed by atoms with van der Waals surface area (Å²) in [4.78, 5) is 34.4. The van der Waals surface area contributed by atoms with Crippen LogP contribution in [-0.4, -0.2) is 34.9 Å². The highest BCUT2D eigenvalue weighted by Crippen LogP contribution is 2.26. The molecule has 0 radical (unpaired) electrons. The predicted octanol–water partition coefficient (Wildman–Crippen LogP) is 4.67. The number of anilines is 5. The van der Waals surface area contributed by atoms with Gasteiger partial charge in [0.05, 0.1) is 0 Å². The minimum absolute atomic E-state index is 0.0153. The minimum Gasteiger partial charge on any atom is -0.351 e. The molecule has 1 saturated carbocycles. The molecule has 158 valence electrons. The Morgan fingerprint density at radius 1 is 0.935 bits per heavy atom. The van der Waals surface area contributed by atoms with Crippen LogP contribution in [0.2, 0.25) is 0 Å². The number of hydrogen-bond acceptors (Lipinski definition) is 6. The molecule has 4 rings (SSSR count). The summed E-state index contributed by atoms with van der Waals surface area (Å²) in [5.74, 6) is 1.40. The molecule has 1 aromatic heterocycles. The van der Waals surface area contributed by atoms with E-state index in [1.54, 1.807) is 30.5 Å². The predicted molar refractivity (Wildman–Crippen MR) is 122 cm³/mol. The normalized spacial score (nSPS) is 12.7. The van der Waals surface area contributed by atoms with E-state index in [0.29, 0.717) is 28.9 Å². The van der Waals surface area contributed by atoms with E-state index in [1.165, 1.54) is 6.92 Å². The maximum Gasteiger partial charge on any atom is 0.323 e. The van der Waals surface area contributed by atoms with E-state index in [0.717, 1.165) is 24.3 Å². The SMILES string of the molecule is CC(=O)c1ccc(NC(=O)Nc2ccc(N(C)c3ccnc(NC4CC4)n3)cc2)cc1. The van der Waals surface area contributed by atoms with Crippen molar-refractivity contribution in [2.75, 3.05) is 27.9 Å². The molecule has 1 heterocycles. The maximum atomic E-state index is 12.2. The first-order valence-corrected chi connectivity index (χ1v) is 10.1. The zero-order valence-corrected chi connectivity index (χ0v) is 17.4. The van der Waals surface area contributed by atoms with Crippen LogP contribution in [0.3, 0.4) is 0 Å². The smallest absolute Gasteiger partial charge is 0.323 e. The molecule has 2 amide bonds. The third kappa shape index (κ3) is 5.36. The van der Waals surface area contributed by atoms with Crippen molar-refractivity contribution in [3.8, 4) is 0 Å². The van der Waals surface area contributed by atoms with Crippen molar-refractivity contribution < 1.29 is 9.59 Å². The van der Waals surface area contributed by atoms with Crippen molar-refractivity contribution in [2.24, 2.45) is 0 Å². The van der Waals surface area contributed by atoms with Crippen molar-refractivity contribution in [2.45, 2.75) is 25.8 Å². The summed E-state index contributed by atoms with van der Waals surface area (Å²) in [6, 6.07) is 16.2. The third-order valence-corrected chi connectivity index (χ3v) is 4.96. The average Bonchev–Trinajstić information content (AvgIpc) is 3.58. The fourth-order valence-corrected chi connectivity index (χ4v) is 3.00. The molecular formula is C23H24N6O2. The second-order valence-electron chi connectivity index (χ2n) is 7.48. The number of carbonyl (C=O) groups is 2. The number of benzene rings is 2. The lowest BCUT2D eigenvalue weighted by atomic mass is 10.1. The lowest BCUT2D eigenvalue weighted by Gasteiger charge is -2.19. The van der Waals surface area contributed by atoms with Crippen LogP contribution >= 0.6 is 0 Å². The zero-order valence-electron chi connectivity index (χ0n) is 17.4. The first-order chi connectivity index (χ1) is 15.0. The van der Waals surface area contributed by atoms with Gasteiger partial charge in [0.2, 0.25) is 5.95 Å². The van der Waals surface area contributed by atoms with Crippen LogP contribution in [0, 0.1) is 0 Å². The molecule has 0 unspecified atom stereocenters. The highest BCUT2D eigenvalue weighted by atomic mass is 16.2. The topological polar surface area (TPSA) is 99.3 Å². The van der Waals surface area contributed by atoms with Crippen LogP contribution in [0.15, 0.2) is 60.8 Å². The molecule has 8 nitrogen and oxygen atoms in total. The summed E-state index contributed by atoms with van der Waals surface area (Å²) < 4.78 is 0. The Morgan fingerprint density at radius 3 is 2.13 bits per heavy atom. The summed E-state index contributed by atoms with van der Waals surface area (Å²) >= 11 is 0.